The molecule has 1 heterocycles. The molecule has 0 spiro atoms. The molecule has 7 heteroatoms. The zero-order valence-corrected chi connectivity index (χ0v) is 18.1. The molecule has 2 rings (SSSR count). The maximum atomic E-state index is 12.6. The lowest BCUT2D eigenvalue weighted by Crippen LogP contribution is -2.33. The van der Waals surface area contributed by atoms with Crippen molar-refractivity contribution in [2.75, 3.05) is 32.6 Å². The molecule has 0 unspecified atom stereocenters. The van der Waals surface area contributed by atoms with E-state index in [1.54, 1.807) is 7.11 Å². The molecular formula is C21H32N4O2S. The fourth-order valence-electron chi connectivity index (χ4n) is 3.04. The van der Waals surface area contributed by atoms with Gasteiger partial charge in [-0.05, 0) is 24.8 Å². The molecule has 154 valence electrons. The number of hydrogen-bond donors (Lipinski definition) is 0. The third kappa shape index (κ3) is 6.95. The number of thioether (sulfide) groups is 1. The van der Waals surface area contributed by atoms with E-state index < -0.39 is 0 Å². The summed E-state index contributed by atoms with van der Waals surface area (Å²) in [6, 6.07) is 10.4. The van der Waals surface area contributed by atoms with E-state index in [4.69, 9.17) is 4.74 Å². The highest BCUT2D eigenvalue weighted by Crippen LogP contribution is 2.19. The summed E-state index contributed by atoms with van der Waals surface area (Å²) < 4.78 is 7.35. The van der Waals surface area contributed by atoms with Crippen LogP contribution >= 0.6 is 11.8 Å². The molecular weight excluding hydrogens is 372 g/mol. The summed E-state index contributed by atoms with van der Waals surface area (Å²) in [5.74, 6) is 1.50. The molecule has 0 saturated heterocycles. The summed E-state index contributed by atoms with van der Waals surface area (Å²) in [5.41, 5.74) is 1.28. The van der Waals surface area contributed by atoms with Gasteiger partial charge in [-0.3, -0.25) is 4.79 Å². The van der Waals surface area contributed by atoms with Crippen molar-refractivity contribution < 1.29 is 9.53 Å². The van der Waals surface area contributed by atoms with E-state index in [1.165, 1.54) is 17.3 Å². The van der Waals surface area contributed by atoms with Gasteiger partial charge < -0.3 is 14.2 Å². The summed E-state index contributed by atoms with van der Waals surface area (Å²) in [4.78, 5) is 14.5. The zero-order valence-electron chi connectivity index (χ0n) is 17.3. The van der Waals surface area contributed by atoms with E-state index >= 15 is 0 Å². The second kappa shape index (κ2) is 12.6. The van der Waals surface area contributed by atoms with Crippen LogP contribution in [0.2, 0.25) is 0 Å². The number of carbonyl (C=O) groups is 1. The van der Waals surface area contributed by atoms with Gasteiger partial charge in [0.2, 0.25) is 5.91 Å². The Hall–Kier alpha value is -1.86. The number of benzene rings is 1. The molecule has 28 heavy (non-hydrogen) atoms. The van der Waals surface area contributed by atoms with Crippen LogP contribution in [0.5, 0.6) is 0 Å². The Balaban J connectivity index is 2.02. The van der Waals surface area contributed by atoms with Crippen molar-refractivity contribution in [3.63, 3.8) is 0 Å². The van der Waals surface area contributed by atoms with Crippen molar-refractivity contribution in [1.29, 1.82) is 0 Å². The lowest BCUT2D eigenvalue weighted by molar-refractivity contribution is -0.128. The third-order valence-corrected chi connectivity index (χ3v) is 5.41. The maximum Gasteiger partial charge on any atom is 0.233 e. The van der Waals surface area contributed by atoms with Gasteiger partial charge in [0.15, 0.2) is 5.16 Å². The van der Waals surface area contributed by atoms with E-state index in [2.05, 4.69) is 52.9 Å². The number of aryl methyl sites for hydroxylation is 2. The minimum Gasteiger partial charge on any atom is -0.383 e. The lowest BCUT2D eigenvalue weighted by Gasteiger charge is -2.21. The van der Waals surface area contributed by atoms with Crippen LogP contribution in [0.3, 0.4) is 0 Å². The second-order valence-electron chi connectivity index (χ2n) is 6.70. The van der Waals surface area contributed by atoms with Crippen molar-refractivity contribution in [1.82, 2.24) is 19.7 Å². The molecule has 0 saturated carbocycles. The first-order valence-corrected chi connectivity index (χ1v) is 11.0. The SMILES string of the molecule is CCCN(CCC)C(=O)CSc1nnc(CCc2ccccc2)n1CCOC. The van der Waals surface area contributed by atoms with E-state index in [0.29, 0.717) is 18.9 Å². The van der Waals surface area contributed by atoms with Gasteiger partial charge in [-0.2, -0.15) is 0 Å². The second-order valence-corrected chi connectivity index (χ2v) is 7.64. The normalized spacial score (nSPS) is 11.0. The Bertz CT molecular complexity index is 700. The summed E-state index contributed by atoms with van der Waals surface area (Å²) in [7, 11) is 1.69. The highest BCUT2D eigenvalue weighted by Gasteiger charge is 2.17. The first kappa shape index (κ1) is 22.4. The standard InChI is InChI=1S/C21H32N4O2S/c1-4-13-24(14-5-2)20(26)17-28-21-23-22-19(25(21)15-16-27-3)12-11-18-9-7-6-8-10-18/h6-10H,4-5,11-17H2,1-3H3. The topological polar surface area (TPSA) is 60.2 Å². The highest BCUT2D eigenvalue weighted by molar-refractivity contribution is 7.99. The predicted molar refractivity (Wildman–Crippen MR) is 114 cm³/mol. The smallest absolute Gasteiger partial charge is 0.233 e. The number of methoxy groups -OCH3 is 1. The van der Waals surface area contributed by atoms with Crippen LogP contribution in [0.25, 0.3) is 0 Å². The number of rotatable bonds is 13. The fraction of sp³-hybridized carbons (Fsp3) is 0.571. The van der Waals surface area contributed by atoms with E-state index in [9.17, 15) is 4.79 Å². The molecule has 0 N–H and O–H groups in total. The quantitative estimate of drug-likeness (QED) is 0.479. The Kier molecular flexibility index (Phi) is 10.1. The lowest BCUT2D eigenvalue weighted by atomic mass is 10.1. The number of amides is 1. The molecule has 0 aliphatic heterocycles. The first-order chi connectivity index (χ1) is 13.7. The Labute approximate surface area is 172 Å². The fourth-order valence-corrected chi connectivity index (χ4v) is 3.92. The van der Waals surface area contributed by atoms with Gasteiger partial charge in [0.25, 0.3) is 0 Å². The highest BCUT2D eigenvalue weighted by atomic mass is 32.2. The molecule has 6 nitrogen and oxygen atoms in total. The molecule has 0 bridgehead atoms. The molecule has 0 radical (unpaired) electrons. The number of aromatic nitrogens is 3. The number of carbonyl (C=O) groups excluding carboxylic acids is 1. The van der Waals surface area contributed by atoms with Crippen molar-refractivity contribution >= 4 is 17.7 Å². The van der Waals surface area contributed by atoms with Crippen LogP contribution in [-0.2, 0) is 28.9 Å². The van der Waals surface area contributed by atoms with Crippen molar-refractivity contribution in [3.8, 4) is 0 Å². The van der Waals surface area contributed by atoms with E-state index in [-0.39, 0.29) is 5.91 Å². The van der Waals surface area contributed by atoms with Gasteiger partial charge in [0.1, 0.15) is 5.82 Å². The van der Waals surface area contributed by atoms with Gasteiger partial charge in [-0.1, -0.05) is 55.9 Å². The molecule has 1 aromatic heterocycles. The van der Waals surface area contributed by atoms with E-state index in [0.717, 1.165) is 49.8 Å². The molecule has 1 aromatic carbocycles. The predicted octanol–water partition coefficient (Wildman–Crippen LogP) is 3.45. The molecule has 1 amide bonds. The molecule has 0 aliphatic rings. The summed E-state index contributed by atoms with van der Waals surface area (Å²) in [5, 5.41) is 9.54. The first-order valence-electron chi connectivity index (χ1n) is 10.0. The molecule has 0 atom stereocenters. The van der Waals surface area contributed by atoms with Crippen LogP contribution in [-0.4, -0.2) is 58.1 Å². The van der Waals surface area contributed by atoms with Crippen molar-refractivity contribution in [3.05, 3.63) is 41.7 Å². The monoisotopic (exact) mass is 404 g/mol. The number of ether oxygens (including phenoxy) is 1. The summed E-state index contributed by atoms with van der Waals surface area (Å²) in [6.07, 6.45) is 3.68. The third-order valence-electron chi connectivity index (χ3n) is 4.46. The summed E-state index contributed by atoms with van der Waals surface area (Å²) in [6.45, 7) is 7.11. The van der Waals surface area contributed by atoms with Crippen molar-refractivity contribution in [2.24, 2.45) is 0 Å². The van der Waals surface area contributed by atoms with Gasteiger partial charge in [-0.25, -0.2) is 0 Å². The molecule has 2 aromatic rings. The van der Waals surface area contributed by atoms with E-state index in [1.807, 2.05) is 11.0 Å². The van der Waals surface area contributed by atoms with Crippen LogP contribution in [0.15, 0.2) is 35.5 Å². The van der Waals surface area contributed by atoms with Crippen LogP contribution < -0.4 is 0 Å². The van der Waals surface area contributed by atoms with Gasteiger partial charge in [-0.15, -0.1) is 10.2 Å². The van der Waals surface area contributed by atoms with Gasteiger partial charge in [0, 0.05) is 33.2 Å². The van der Waals surface area contributed by atoms with Gasteiger partial charge >= 0.3 is 0 Å². The minimum absolute atomic E-state index is 0.167. The number of nitrogens with zero attached hydrogens (tertiary/aromatic N) is 4. The molecule has 0 aliphatic carbocycles. The zero-order chi connectivity index (χ0) is 20.2. The average molecular weight is 405 g/mol. The Morgan fingerprint density at radius 1 is 1.11 bits per heavy atom. The number of hydrogen-bond acceptors (Lipinski definition) is 5. The minimum atomic E-state index is 0.167. The van der Waals surface area contributed by atoms with Crippen molar-refractivity contribution in [2.45, 2.75) is 51.2 Å². The maximum absolute atomic E-state index is 12.6. The average Bonchev–Trinajstić information content (AvgIpc) is 3.11. The Morgan fingerprint density at radius 3 is 2.46 bits per heavy atom. The molecule has 0 fully saturated rings. The van der Waals surface area contributed by atoms with Crippen LogP contribution in [0, 0.1) is 0 Å². The van der Waals surface area contributed by atoms with Crippen LogP contribution in [0.4, 0.5) is 0 Å². The Morgan fingerprint density at radius 2 is 1.82 bits per heavy atom. The van der Waals surface area contributed by atoms with Gasteiger partial charge in [0.05, 0.1) is 12.4 Å². The largest absolute Gasteiger partial charge is 0.383 e. The van der Waals surface area contributed by atoms with Crippen LogP contribution in [0.1, 0.15) is 38.1 Å². The summed E-state index contributed by atoms with van der Waals surface area (Å²) >= 11 is 1.47.